The summed E-state index contributed by atoms with van der Waals surface area (Å²) in [6, 6.07) is 3.99. The fourth-order valence-corrected chi connectivity index (χ4v) is 4.14. The van der Waals surface area contributed by atoms with Gasteiger partial charge in [-0.1, -0.05) is 27.7 Å². The molecule has 1 aliphatic heterocycles. The number of fused-ring (bicyclic) bond motifs is 2. The van der Waals surface area contributed by atoms with Crippen LogP contribution in [0.2, 0.25) is 0 Å². The molecular weight excluding hydrogens is 436 g/mol. The number of benzene rings is 2. The maximum atomic E-state index is 15.4. The summed E-state index contributed by atoms with van der Waals surface area (Å²) in [4.78, 5) is 4.42. The van der Waals surface area contributed by atoms with Gasteiger partial charge in [-0.15, -0.1) is 0 Å². The largest absolute Gasteiger partial charge is 0.388 e. The first kappa shape index (κ1) is 27.0. The Hall–Kier alpha value is -3.26. The second-order valence-corrected chi connectivity index (χ2v) is 8.14. The molecule has 6 nitrogen and oxygen atoms in total. The van der Waals surface area contributed by atoms with Crippen molar-refractivity contribution in [3.05, 3.63) is 47.2 Å². The third-order valence-electron chi connectivity index (χ3n) is 5.63. The Kier molecular flexibility index (Phi) is 8.21. The maximum Gasteiger partial charge on any atom is 0.133 e. The van der Waals surface area contributed by atoms with E-state index in [-0.39, 0.29) is 17.2 Å². The lowest BCUT2D eigenvalue weighted by Crippen LogP contribution is -2.56. The van der Waals surface area contributed by atoms with E-state index in [1.54, 1.807) is 27.0 Å². The predicted molar refractivity (Wildman–Crippen MR) is 139 cm³/mol. The van der Waals surface area contributed by atoms with Crippen LogP contribution in [0.3, 0.4) is 0 Å². The highest BCUT2D eigenvalue weighted by Gasteiger charge is 2.39. The summed E-state index contributed by atoms with van der Waals surface area (Å²) < 4.78 is 29.8. The zero-order valence-electron chi connectivity index (χ0n) is 21.2. The van der Waals surface area contributed by atoms with E-state index in [2.05, 4.69) is 10.3 Å². The van der Waals surface area contributed by atoms with Crippen LogP contribution in [-0.4, -0.2) is 33.9 Å². The van der Waals surface area contributed by atoms with Crippen molar-refractivity contribution in [3.63, 3.8) is 0 Å². The van der Waals surface area contributed by atoms with E-state index < -0.39 is 23.8 Å². The quantitative estimate of drug-likeness (QED) is 0.211. The first-order valence-corrected chi connectivity index (χ1v) is 11.5. The smallest absolute Gasteiger partial charge is 0.133 e. The van der Waals surface area contributed by atoms with Crippen LogP contribution >= 0.6 is 0 Å². The number of aromatic nitrogens is 1. The summed E-state index contributed by atoms with van der Waals surface area (Å²) in [6.45, 7) is 14.4. The van der Waals surface area contributed by atoms with Crippen molar-refractivity contribution in [1.82, 2.24) is 4.98 Å². The van der Waals surface area contributed by atoms with Gasteiger partial charge in [-0.3, -0.25) is 15.7 Å². The highest BCUT2D eigenvalue weighted by molar-refractivity contribution is 6.25. The van der Waals surface area contributed by atoms with E-state index in [9.17, 15) is 9.50 Å². The lowest BCUT2D eigenvalue weighted by atomic mass is 9.90. The molecular formula is C26H35F2N5O. The number of aliphatic hydroxyl groups excluding tert-OH is 1. The molecule has 0 unspecified atom stereocenters. The molecule has 3 aromatic rings. The predicted octanol–water partition coefficient (Wildman–Crippen LogP) is 6.74. The number of aryl methyl sites for hydroxylation is 1. The minimum absolute atomic E-state index is 0.0508. The molecule has 0 saturated heterocycles. The minimum atomic E-state index is -0.877. The van der Waals surface area contributed by atoms with Gasteiger partial charge in [0.15, 0.2) is 0 Å². The van der Waals surface area contributed by atoms with Crippen molar-refractivity contribution < 1.29 is 13.9 Å². The topological polar surface area (TPSA) is 99.0 Å². The molecule has 184 valence electrons. The van der Waals surface area contributed by atoms with Gasteiger partial charge in [-0.2, -0.15) is 0 Å². The van der Waals surface area contributed by atoms with Crippen molar-refractivity contribution in [2.45, 2.75) is 60.9 Å². The van der Waals surface area contributed by atoms with Gasteiger partial charge in [0, 0.05) is 22.7 Å². The van der Waals surface area contributed by atoms with E-state index in [0.29, 0.717) is 33.4 Å². The van der Waals surface area contributed by atoms with Crippen molar-refractivity contribution in [2.75, 3.05) is 16.8 Å². The number of nitrogens with zero attached hydrogens (tertiary/aromatic N) is 1. The standard InChI is InChI=1S/C22H23F2N5O.2C2H6/c1-10-8-27-19-13(10)5-12(23)6-14(19)18-11(2)20-16(7-15(18)24)28-22(3,4)21(26)29(20)17(25)9-30;2*1-2/h5-8,25-28,30H,9H2,1-4H3;2*1-2H3. The van der Waals surface area contributed by atoms with Crippen LogP contribution in [0.25, 0.3) is 22.0 Å². The third-order valence-corrected chi connectivity index (χ3v) is 5.63. The van der Waals surface area contributed by atoms with Crippen LogP contribution in [-0.2, 0) is 0 Å². The number of hydrogen-bond donors (Lipinski definition) is 5. The summed E-state index contributed by atoms with van der Waals surface area (Å²) in [5.41, 5.74) is 2.37. The number of aliphatic hydroxyl groups is 1. The lowest BCUT2D eigenvalue weighted by Gasteiger charge is -2.43. The molecule has 0 spiro atoms. The van der Waals surface area contributed by atoms with Crippen LogP contribution in [0.5, 0.6) is 0 Å². The number of rotatable bonds is 2. The van der Waals surface area contributed by atoms with Gasteiger partial charge in [0.2, 0.25) is 0 Å². The van der Waals surface area contributed by atoms with Gasteiger partial charge < -0.3 is 15.4 Å². The molecule has 34 heavy (non-hydrogen) atoms. The fourth-order valence-electron chi connectivity index (χ4n) is 4.14. The average Bonchev–Trinajstić information content (AvgIpc) is 3.17. The lowest BCUT2D eigenvalue weighted by molar-refractivity contribution is 0.355. The molecule has 8 heteroatoms. The Morgan fingerprint density at radius 2 is 1.71 bits per heavy atom. The normalized spacial score (nSPS) is 13.9. The monoisotopic (exact) mass is 471 g/mol. The highest BCUT2D eigenvalue weighted by Crippen LogP contribution is 2.45. The Morgan fingerprint density at radius 1 is 1.09 bits per heavy atom. The zero-order chi connectivity index (χ0) is 26.0. The summed E-state index contributed by atoms with van der Waals surface area (Å²) in [5.74, 6) is -1.17. The third kappa shape index (κ3) is 4.42. The van der Waals surface area contributed by atoms with E-state index in [0.717, 1.165) is 5.56 Å². The van der Waals surface area contributed by atoms with E-state index in [1.165, 1.54) is 23.1 Å². The molecule has 2 heterocycles. The molecule has 5 N–H and O–H groups in total. The second-order valence-electron chi connectivity index (χ2n) is 8.14. The van der Waals surface area contributed by atoms with Gasteiger partial charge in [0.05, 0.1) is 22.4 Å². The van der Waals surface area contributed by atoms with Crippen molar-refractivity contribution >= 4 is 33.9 Å². The van der Waals surface area contributed by atoms with E-state index in [1.807, 2.05) is 34.6 Å². The van der Waals surface area contributed by atoms with Gasteiger partial charge in [0.1, 0.15) is 29.9 Å². The van der Waals surface area contributed by atoms with Crippen LogP contribution < -0.4 is 10.2 Å². The van der Waals surface area contributed by atoms with E-state index in [4.69, 9.17) is 10.8 Å². The molecule has 0 aliphatic carbocycles. The number of nitrogens with one attached hydrogen (secondary N) is 4. The van der Waals surface area contributed by atoms with Crippen LogP contribution in [0.1, 0.15) is 52.7 Å². The fraction of sp³-hybridized carbons (Fsp3) is 0.385. The molecule has 0 radical (unpaired) electrons. The second kappa shape index (κ2) is 10.3. The molecule has 0 saturated carbocycles. The van der Waals surface area contributed by atoms with Gasteiger partial charge in [-0.05, 0) is 57.0 Å². The number of H-pyrrole nitrogens is 1. The molecule has 1 aromatic heterocycles. The SMILES string of the molecule is CC.CC.Cc1c(-c2cc(F)cc3c(C)c[nH]c23)c(F)cc2c1N(C(=N)CO)C(=N)C(C)(C)N2. The molecule has 2 aromatic carbocycles. The summed E-state index contributed by atoms with van der Waals surface area (Å²) in [6.07, 6.45) is 1.74. The zero-order valence-corrected chi connectivity index (χ0v) is 21.2. The van der Waals surface area contributed by atoms with Gasteiger partial charge in [-0.25, -0.2) is 8.78 Å². The van der Waals surface area contributed by atoms with Crippen molar-refractivity contribution in [2.24, 2.45) is 0 Å². The van der Waals surface area contributed by atoms with Crippen molar-refractivity contribution in [3.8, 4) is 11.1 Å². The maximum absolute atomic E-state index is 15.4. The van der Waals surface area contributed by atoms with Gasteiger partial charge >= 0.3 is 0 Å². The minimum Gasteiger partial charge on any atom is -0.388 e. The number of hydrogen-bond acceptors (Lipinski definition) is 4. The molecule has 0 fully saturated rings. The number of halogens is 2. The van der Waals surface area contributed by atoms with Gasteiger partial charge in [0.25, 0.3) is 0 Å². The van der Waals surface area contributed by atoms with Crippen LogP contribution in [0.15, 0.2) is 24.4 Å². The molecule has 4 rings (SSSR count). The first-order valence-electron chi connectivity index (χ1n) is 11.5. The Balaban J connectivity index is 0.000000970. The molecule has 1 aliphatic rings. The Labute approximate surface area is 200 Å². The summed E-state index contributed by atoms with van der Waals surface area (Å²) in [7, 11) is 0. The summed E-state index contributed by atoms with van der Waals surface area (Å²) in [5, 5.41) is 30.2. The summed E-state index contributed by atoms with van der Waals surface area (Å²) >= 11 is 0. The van der Waals surface area contributed by atoms with E-state index >= 15 is 4.39 Å². The number of anilines is 2. The van der Waals surface area contributed by atoms with Crippen molar-refractivity contribution in [1.29, 1.82) is 10.8 Å². The highest BCUT2D eigenvalue weighted by atomic mass is 19.1. The van der Waals surface area contributed by atoms with Crippen LogP contribution in [0.4, 0.5) is 20.2 Å². The molecule has 0 amide bonds. The Morgan fingerprint density at radius 3 is 2.29 bits per heavy atom. The number of aromatic amines is 1. The molecule has 0 bridgehead atoms. The average molecular weight is 472 g/mol. The number of amidine groups is 2. The Bertz CT molecular complexity index is 1230. The molecule has 0 atom stereocenters. The van der Waals surface area contributed by atoms with Crippen LogP contribution in [0, 0.1) is 36.3 Å². The first-order chi connectivity index (χ1) is 16.1.